The molecule has 0 radical (unpaired) electrons. The minimum atomic E-state index is -0.121. The van der Waals surface area contributed by atoms with Crippen molar-refractivity contribution in [3.63, 3.8) is 0 Å². The van der Waals surface area contributed by atoms with Gasteiger partial charge in [0.25, 0.3) is 0 Å². The summed E-state index contributed by atoms with van der Waals surface area (Å²) in [5, 5.41) is 17.0. The van der Waals surface area contributed by atoms with Gasteiger partial charge in [0, 0.05) is 13.1 Å². The van der Waals surface area contributed by atoms with E-state index in [0.29, 0.717) is 27.6 Å². The number of nitrogens with one attached hydrogen (secondary N) is 2. The molecule has 0 bridgehead atoms. The van der Waals surface area contributed by atoms with Crippen molar-refractivity contribution in [2.45, 2.75) is 38.7 Å². The highest BCUT2D eigenvalue weighted by atomic mass is 35.5. The van der Waals surface area contributed by atoms with Crippen LogP contribution < -0.4 is 10.6 Å². The Balaban J connectivity index is 1.96. The molecule has 6 heteroatoms. The SMILES string of the molecule is CCNc1nc(NCC2CCC(O)CC2)c(Cl)cc1Cl. The van der Waals surface area contributed by atoms with E-state index >= 15 is 0 Å². The Hall–Kier alpha value is -0.710. The summed E-state index contributed by atoms with van der Waals surface area (Å²) < 4.78 is 0. The average Bonchev–Trinajstić information content (AvgIpc) is 2.42. The second-order valence-electron chi connectivity index (χ2n) is 5.24. The van der Waals surface area contributed by atoms with Crippen LogP contribution >= 0.6 is 23.2 Å². The first-order valence-electron chi connectivity index (χ1n) is 7.12. The van der Waals surface area contributed by atoms with E-state index in [0.717, 1.165) is 38.8 Å². The molecule has 1 fully saturated rings. The predicted octanol–water partition coefficient (Wildman–Crippen LogP) is 3.78. The maximum atomic E-state index is 9.51. The maximum absolute atomic E-state index is 9.51. The fourth-order valence-corrected chi connectivity index (χ4v) is 2.96. The van der Waals surface area contributed by atoms with Gasteiger partial charge in [0.15, 0.2) is 0 Å². The number of hydrogen-bond acceptors (Lipinski definition) is 4. The zero-order chi connectivity index (χ0) is 14.5. The van der Waals surface area contributed by atoms with Crippen LogP contribution in [0.2, 0.25) is 10.0 Å². The quantitative estimate of drug-likeness (QED) is 0.773. The van der Waals surface area contributed by atoms with Crippen molar-refractivity contribution >= 4 is 34.8 Å². The normalized spacial score (nSPS) is 22.6. The van der Waals surface area contributed by atoms with Gasteiger partial charge in [-0.25, -0.2) is 4.98 Å². The molecule has 4 nitrogen and oxygen atoms in total. The van der Waals surface area contributed by atoms with Gasteiger partial charge in [-0.1, -0.05) is 23.2 Å². The molecular weight excluding hydrogens is 297 g/mol. The Kier molecular flexibility index (Phi) is 5.75. The largest absolute Gasteiger partial charge is 0.393 e. The molecule has 3 N–H and O–H groups in total. The third-order valence-electron chi connectivity index (χ3n) is 3.65. The third-order valence-corrected chi connectivity index (χ3v) is 4.22. The number of aliphatic hydroxyl groups excluding tert-OH is 1. The Labute approximate surface area is 129 Å². The molecule has 0 atom stereocenters. The molecule has 1 aliphatic rings. The first-order chi connectivity index (χ1) is 9.60. The Morgan fingerprint density at radius 1 is 1.15 bits per heavy atom. The van der Waals surface area contributed by atoms with E-state index in [1.807, 2.05) is 6.92 Å². The van der Waals surface area contributed by atoms with Crippen LogP contribution in [0.15, 0.2) is 6.07 Å². The van der Waals surface area contributed by atoms with Crippen molar-refractivity contribution < 1.29 is 5.11 Å². The molecule has 1 aromatic heterocycles. The summed E-state index contributed by atoms with van der Waals surface area (Å²) in [7, 11) is 0. The highest BCUT2D eigenvalue weighted by Gasteiger charge is 2.19. The number of anilines is 2. The van der Waals surface area contributed by atoms with Gasteiger partial charge < -0.3 is 15.7 Å². The summed E-state index contributed by atoms with van der Waals surface area (Å²) in [5.74, 6) is 1.88. The number of nitrogens with zero attached hydrogens (tertiary/aromatic N) is 1. The first kappa shape index (κ1) is 15.7. The van der Waals surface area contributed by atoms with Crippen LogP contribution in [0.4, 0.5) is 11.6 Å². The Morgan fingerprint density at radius 3 is 2.35 bits per heavy atom. The molecule has 0 aliphatic heterocycles. The van der Waals surface area contributed by atoms with Gasteiger partial charge in [-0.2, -0.15) is 0 Å². The van der Waals surface area contributed by atoms with Crippen LogP contribution in [-0.4, -0.2) is 29.3 Å². The van der Waals surface area contributed by atoms with Crippen molar-refractivity contribution in [1.29, 1.82) is 0 Å². The standard InChI is InChI=1S/C14H21Cl2N3O/c1-2-17-13-11(15)7-12(16)14(19-13)18-8-9-3-5-10(20)6-4-9/h7,9-10,20H,2-6,8H2,1H3,(H2,17,18,19). The molecule has 1 saturated carbocycles. The maximum Gasteiger partial charge on any atom is 0.147 e. The fourth-order valence-electron chi connectivity index (χ4n) is 2.47. The predicted molar refractivity (Wildman–Crippen MR) is 84.9 cm³/mol. The third kappa shape index (κ3) is 4.14. The second kappa shape index (κ2) is 7.34. The van der Waals surface area contributed by atoms with Gasteiger partial charge in [0.1, 0.15) is 11.6 Å². The van der Waals surface area contributed by atoms with E-state index in [4.69, 9.17) is 23.2 Å². The van der Waals surface area contributed by atoms with Crippen LogP contribution in [0.3, 0.4) is 0 Å². The highest BCUT2D eigenvalue weighted by Crippen LogP contribution is 2.30. The molecule has 0 spiro atoms. The molecule has 0 aromatic carbocycles. The number of halogens is 2. The lowest BCUT2D eigenvalue weighted by atomic mass is 9.87. The van der Waals surface area contributed by atoms with E-state index in [2.05, 4.69) is 15.6 Å². The molecule has 1 aromatic rings. The lowest BCUT2D eigenvalue weighted by Crippen LogP contribution is -2.24. The number of aromatic nitrogens is 1. The van der Waals surface area contributed by atoms with E-state index in [9.17, 15) is 5.11 Å². The minimum Gasteiger partial charge on any atom is -0.393 e. The lowest BCUT2D eigenvalue weighted by Gasteiger charge is -2.25. The molecule has 0 amide bonds. The molecule has 20 heavy (non-hydrogen) atoms. The van der Waals surface area contributed by atoms with Crippen LogP contribution in [0.5, 0.6) is 0 Å². The van der Waals surface area contributed by atoms with E-state index in [-0.39, 0.29) is 6.10 Å². The Bertz CT molecular complexity index is 448. The molecular formula is C14H21Cl2N3O. The van der Waals surface area contributed by atoms with Crippen LogP contribution in [0.1, 0.15) is 32.6 Å². The molecule has 112 valence electrons. The van der Waals surface area contributed by atoms with Gasteiger partial charge in [0.05, 0.1) is 16.1 Å². The van der Waals surface area contributed by atoms with Gasteiger partial charge in [-0.15, -0.1) is 0 Å². The smallest absolute Gasteiger partial charge is 0.147 e. The first-order valence-corrected chi connectivity index (χ1v) is 7.87. The number of pyridine rings is 1. The summed E-state index contributed by atoms with van der Waals surface area (Å²) in [6, 6.07) is 1.71. The van der Waals surface area contributed by atoms with Crippen molar-refractivity contribution in [3.8, 4) is 0 Å². The topological polar surface area (TPSA) is 57.2 Å². The van der Waals surface area contributed by atoms with Gasteiger partial charge >= 0.3 is 0 Å². The molecule has 2 rings (SSSR count). The molecule has 1 heterocycles. The summed E-state index contributed by atoms with van der Waals surface area (Å²) in [5.41, 5.74) is 0. The monoisotopic (exact) mass is 317 g/mol. The summed E-state index contributed by atoms with van der Waals surface area (Å²) >= 11 is 12.2. The van der Waals surface area contributed by atoms with E-state index in [1.165, 1.54) is 0 Å². The van der Waals surface area contributed by atoms with Gasteiger partial charge in [-0.05, 0) is 44.6 Å². The molecule has 0 unspecified atom stereocenters. The van der Waals surface area contributed by atoms with E-state index in [1.54, 1.807) is 6.07 Å². The zero-order valence-electron chi connectivity index (χ0n) is 11.6. The minimum absolute atomic E-state index is 0.121. The highest BCUT2D eigenvalue weighted by molar-refractivity contribution is 6.37. The van der Waals surface area contributed by atoms with Crippen molar-refractivity contribution in [1.82, 2.24) is 4.98 Å². The Morgan fingerprint density at radius 2 is 1.75 bits per heavy atom. The van der Waals surface area contributed by atoms with Gasteiger partial charge in [-0.3, -0.25) is 0 Å². The zero-order valence-corrected chi connectivity index (χ0v) is 13.1. The summed E-state index contributed by atoms with van der Waals surface area (Å²) in [6.07, 6.45) is 3.73. The lowest BCUT2D eigenvalue weighted by molar-refractivity contribution is 0.111. The number of rotatable bonds is 5. The number of hydrogen-bond donors (Lipinski definition) is 3. The fraction of sp³-hybridized carbons (Fsp3) is 0.643. The molecule has 0 saturated heterocycles. The average molecular weight is 318 g/mol. The van der Waals surface area contributed by atoms with Crippen LogP contribution in [0, 0.1) is 5.92 Å². The van der Waals surface area contributed by atoms with Crippen molar-refractivity contribution in [2.75, 3.05) is 23.7 Å². The van der Waals surface area contributed by atoms with E-state index < -0.39 is 0 Å². The summed E-state index contributed by atoms with van der Waals surface area (Å²) in [6.45, 7) is 3.58. The van der Waals surface area contributed by atoms with Crippen LogP contribution in [-0.2, 0) is 0 Å². The number of aliphatic hydroxyl groups is 1. The van der Waals surface area contributed by atoms with Crippen LogP contribution in [0.25, 0.3) is 0 Å². The molecule has 1 aliphatic carbocycles. The second-order valence-corrected chi connectivity index (χ2v) is 6.05. The summed E-state index contributed by atoms with van der Waals surface area (Å²) in [4.78, 5) is 4.43. The van der Waals surface area contributed by atoms with Gasteiger partial charge in [0.2, 0.25) is 0 Å². The van der Waals surface area contributed by atoms with Crippen molar-refractivity contribution in [2.24, 2.45) is 5.92 Å². The van der Waals surface area contributed by atoms with Crippen molar-refractivity contribution in [3.05, 3.63) is 16.1 Å².